The highest BCUT2D eigenvalue weighted by Gasteiger charge is 2.13. The minimum absolute atomic E-state index is 0.0266. The van der Waals surface area contributed by atoms with Gasteiger partial charge in [-0.15, -0.1) is 6.58 Å². The Morgan fingerprint density at radius 3 is 2.76 bits per heavy atom. The number of hydrogen-bond donors (Lipinski definition) is 1. The number of non-ortho nitro benzene ring substituents is 1. The predicted molar refractivity (Wildman–Crippen MR) is 67.6 cm³/mol. The first-order valence-electron chi connectivity index (χ1n) is 5.00. The maximum Gasteiger partial charge on any atom is 0.271 e. The second kappa shape index (κ2) is 6.22. The fourth-order valence-electron chi connectivity index (χ4n) is 1.45. The number of nitro groups is 1. The minimum Gasteiger partial charge on any atom is -0.395 e. The number of rotatable bonds is 6. The number of benzene rings is 1. The lowest BCUT2D eigenvalue weighted by molar-refractivity contribution is -0.384. The topological polar surface area (TPSA) is 66.6 Å². The molecule has 6 heteroatoms. The van der Waals surface area contributed by atoms with Crippen molar-refractivity contribution >= 4 is 23.0 Å². The molecule has 0 unspecified atom stereocenters. The van der Waals surface area contributed by atoms with E-state index >= 15 is 0 Å². The Balaban J connectivity index is 3.03. The molecule has 0 atom stereocenters. The molecule has 1 aromatic carbocycles. The van der Waals surface area contributed by atoms with Gasteiger partial charge in [0.05, 0.1) is 22.2 Å². The van der Waals surface area contributed by atoms with Crippen molar-refractivity contribution in [3.05, 3.63) is 46.0 Å². The molecule has 0 saturated heterocycles. The molecule has 17 heavy (non-hydrogen) atoms. The molecule has 0 aliphatic heterocycles. The van der Waals surface area contributed by atoms with Crippen molar-refractivity contribution in [2.24, 2.45) is 0 Å². The molecule has 92 valence electrons. The van der Waals surface area contributed by atoms with Crippen LogP contribution in [0.4, 0.5) is 11.4 Å². The van der Waals surface area contributed by atoms with Gasteiger partial charge in [-0.3, -0.25) is 10.1 Å². The molecule has 1 aromatic rings. The van der Waals surface area contributed by atoms with Crippen LogP contribution in [-0.2, 0) is 0 Å². The molecule has 0 saturated carbocycles. The Hall–Kier alpha value is -1.59. The molecular weight excluding hydrogens is 244 g/mol. The average molecular weight is 257 g/mol. The summed E-state index contributed by atoms with van der Waals surface area (Å²) >= 11 is 5.98. The van der Waals surface area contributed by atoms with Gasteiger partial charge in [-0.2, -0.15) is 0 Å². The Morgan fingerprint density at radius 2 is 2.29 bits per heavy atom. The molecule has 0 aliphatic carbocycles. The van der Waals surface area contributed by atoms with Gasteiger partial charge in [-0.25, -0.2) is 0 Å². The summed E-state index contributed by atoms with van der Waals surface area (Å²) in [6.07, 6.45) is 1.67. The van der Waals surface area contributed by atoms with Gasteiger partial charge in [0.2, 0.25) is 0 Å². The SMILES string of the molecule is C=CCN(CCO)c1ccc([N+](=O)[O-])cc1Cl. The van der Waals surface area contributed by atoms with Gasteiger partial charge >= 0.3 is 0 Å². The van der Waals surface area contributed by atoms with Gasteiger partial charge in [-0.1, -0.05) is 17.7 Å². The molecule has 0 aromatic heterocycles. The Labute approximate surface area is 104 Å². The number of nitro benzene ring substituents is 1. The largest absolute Gasteiger partial charge is 0.395 e. The highest BCUT2D eigenvalue weighted by molar-refractivity contribution is 6.33. The van der Waals surface area contributed by atoms with E-state index < -0.39 is 4.92 Å². The molecule has 0 aliphatic rings. The van der Waals surface area contributed by atoms with E-state index in [1.54, 1.807) is 17.0 Å². The summed E-state index contributed by atoms with van der Waals surface area (Å²) < 4.78 is 0. The maximum absolute atomic E-state index is 10.6. The molecule has 0 bridgehead atoms. The lowest BCUT2D eigenvalue weighted by Crippen LogP contribution is -2.26. The Bertz CT molecular complexity index is 423. The average Bonchev–Trinajstić information content (AvgIpc) is 2.28. The first kappa shape index (κ1) is 13.5. The van der Waals surface area contributed by atoms with Crippen LogP contribution < -0.4 is 4.90 Å². The first-order valence-corrected chi connectivity index (χ1v) is 5.38. The Kier molecular flexibility index (Phi) is 4.93. The van der Waals surface area contributed by atoms with Crippen LogP contribution in [0.25, 0.3) is 0 Å². The third-order valence-corrected chi connectivity index (χ3v) is 2.50. The summed E-state index contributed by atoms with van der Waals surface area (Å²) in [6, 6.07) is 4.25. The fraction of sp³-hybridized carbons (Fsp3) is 0.273. The van der Waals surface area contributed by atoms with Crippen molar-refractivity contribution in [1.82, 2.24) is 0 Å². The molecule has 5 nitrogen and oxygen atoms in total. The molecule has 0 fully saturated rings. The van der Waals surface area contributed by atoms with E-state index in [1.807, 2.05) is 0 Å². The van der Waals surface area contributed by atoms with Crippen LogP contribution in [0, 0.1) is 10.1 Å². The highest BCUT2D eigenvalue weighted by Crippen LogP contribution is 2.29. The van der Waals surface area contributed by atoms with Crippen molar-refractivity contribution in [1.29, 1.82) is 0 Å². The molecular formula is C11H13ClN2O3. The molecule has 0 radical (unpaired) electrons. The van der Waals surface area contributed by atoms with E-state index in [4.69, 9.17) is 16.7 Å². The summed E-state index contributed by atoms with van der Waals surface area (Å²) in [5.41, 5.74) is 0.590. The molecule has 0 heterocycles. The molecule has 1 N–H and O–H groups in total. The zero-order valence-electron chi connectivity index (χ0n) is 9.17. The summed E-state index contributed by atoms with van der Waals surface area (Å²) in [4.78, 5) is 11.9. The lowest BCUT2D eigenvalue weighted by atomic mass is 10.2. The van der Waals surface area contributed by atoms with Crippen LogP contribution in [0.2, 0.25) is 5.02 Å². The van der Waals surface area contributed by atoms with E-state index in [0.29, 0.717) is 18.8 Å². The number of halogens is 1. The number of aliphatic hydroxyl groups is 1. The van der Waals surface area contributed by atoms with Crippen LogP contribution >= 0.6 is 11.6 Å². The molecule has 1 rings (SSSR count). The van der Waals surface area contributed by atoms with Crippen molar-refractivity contribution in [2.75, 3.05) is 24.6 Å². The van der Waals surface area contributed by atoms with E-state index in [0.717, 1.165) is 0 Å². The van der Waals surface area contributed by atoms with E-state index in [-0.39, 0.29) is 17.3 Å². The van der Waals surface area contributed by atoms with E-state index in [9.17, 15) is 10.1 Å². The van der Waals surface area contributed by atoms with Crippen LogP contribution in [-0.4, -0.2) is 29.7 Å². The van der Waals surface area contributed by atoms with Crippen molar-refractivity contribution in [3.63, 3.8) is 0 Å². The highest BCUT2D eigenvalue weighted by atomic mass is 35.5. The number of anilines is 1. The monoisotopic (exact) mass is 256 g/mol. The van der Waals surface area contributed by atoms with Gasteiger partial charge in [0, 0.05) is 25.2 Å². The normalized spacial score (nSPS) is 10.0. The summed E-state index contributed by atoms with van der Waals surface area (Å²) in [6.45, 7) is 4.49. The van der Waals surface area contributed by atoms with Crippen LogP contribution in [0.3, 0.4) is 0 Å². The van der Waals surface area contributed by atoms with Crippen LogP contribution in [0.15, 0.2) is 30.9 Å². The number of nitrogens with zero attached hydrogens (tertiary/aromatic N) is 2. The Morgan fingerprint density at radius 1 is 1.59 bits per heavy atom. The van der Waals surface area contributed by atoms with Gasteiger partial charge in [0.1, 0.15) is 0 Å². The predicted octanol–water partition coefficient (Wildman–Crippen LogP) is 2.23. The maximum atomic E-state index is 10.6. The van der Waals surface area contributed by atoms with Crippen molar-refractivity contribution in [3.8, 4) is 0 Å². The van der Waals surface area contributed by atoms with Crippen LogP contribution in [0.1, 0.15) is 0 Å². The number of hydrogen-bond acceptors (Lipinski definition) is 4. The minimum atomic E-state index is -0.500. The third kappa shape index (κ3) is 3.44. The summed E-state index contributed by atoms with van der Waals surface area (Å²) in [5, 5.41) is 19.8. The third-order valence-electron chi connectivity index (χ3n) is 2.20. The summed E-state index contributed by atoms with van der Waals surface area (Å²) in [7, 11) is 0. The fourth-order valence-corrected chi connectivity index (χ4v) is 1.75. The first-order chi connectivity index (χ1) is 8.10. The molecule has 0 spiro atoms. The summed E-state index contributed by atoms with van der Waals surface area (Å²) in [5.74, 6) is 0. The van der Waals surface area contributed by atoms with E-state index in [2.05, 4.69) is 6.58 Å². The quantitative estimate of drug-likeness (QED) is 0.482. The second-order valence-corrected chi connectivity index (χ2v) is 3.76. The van der Waals surface area contributed by atoms with Crippen LogP contribution in [0.5, 0.6) is 0 Å². The van der Waals surface area contributed by atoms with E-state index in [1.165, 1.54) is 12.1 Å². The van der Waals surface area contributed by atoms with Crippen molar-refractivity contribution < 1.29 is 10.0 Å². The van der Waals surface area contributed by atoms with Gasteiger partial charge in [0.25, 0.3) is 5.69 Å². The number of aliphatic hydroxyl groups excluding tert-OH is 1. The lowest BCUT2D eigenvalue weighted by Gasteiger charge is -2.23. The standard InChI is InChI=1S/C11H13ClN2O3/c1-2-5-13(6-7-15)11-4-3-9(14(16)17)8-10(11)12/h2-4,8,15H,1,5-7H2. The second-order valence-electron chi connectivity index (χ2n) is 3.35. The smallest absolute Gasteiger partial charge is 0.271 e. The van der Waals surface area contributed by atoms with Gasteiger partial charge in [-0.05, 0) is 6.07 Å². The zero-order chi connectivity index (χ0) is 12.8. The van der Waals surface area contributed by atoms with Crippen molar-refractivity contribution in [2.45, 2.75) is 0 Å². The van der Waals surface area contributed by atoms with Gasteiger partial charge in [0.15, 0.2) is 0 Å². The van der Waals surface area contributed by atoms with Gasteiger partial charge < -0.3 is 10.0 Å². The molecule has 0 amide bonds. The zero-order valence-corrected chi connectivity index (χ0v) is 9.93.